The number of hydrogen-bond donors (Lipinski definition) is 2. The summed E-state index contributed by atoms with van der Waals surface area (Å²) in [6, 6.07) is -1.07. The molecule has 0 fully saturated rings. The van der Waals surface area contributed by atoms with E-state index in [-0.39, 0.29) is 18.7 Å². The molecule has 0 heterocycles. The predicted molar refractivity (Wildman–Crippen MR) is 60.3 cm³/mol. The lowest BCUT2D eigenvalue weighted by Crippen LogP contribution is -2.45. The van der Waals surface area contributed by atoms with Gasteiger partial charge in [0.05, 0.1) is 7.11 Å². The molecule has 0 rings (SSSR count). The number of rotatable bonds is 5. The summed E-state index contributed by atoms with van der Waals surface area (Å²) in [7, 11) is 1.23. The first-order chi connectivity index (χ1) is 7.68. The Kier molecular flexibility index (Phi) is 5.64. The highest BCUT2D eigenvalue weighted by molar-refractivity contribution is 5.86. The maximum absolute atomic E-state index is 11.6. The Labute approximate surface area is 100 Å². The highest BCUT2D eigenvalue weighted by Crippen LogP contribution is 2.13. The number of aliphatic carboxylic acids is 1. The molecule has 0 spiro atoms. The van der Waals surface area contributed by atoms with E-state index in [1.165, 1.54) is 7.11 Å². The van der Waals surface area contributed by atoms with Crippen LogP contribution in [-0.4, -0.2) is 36.1 Å². The van der Waals surface area contributed by atoms with Crippen LogP contribution in [0.4, 0.5) is 0 Å². The molecule has 0 bridgehead atoms. The molecule has 0 aromatic rings. The van der Waals surface area contributed by atoms with Crippen LogP contribution in [0.3, 0.4) is 0 Å². The predicted octanol–water partition coefficient (Wildman–Crippen LogP) is 0.555. The first-order valence-corrected chi connectivity index (χ1v) is 5.29. The van der Waals surface area contributed by atoms with Crippen molar-refractivity contribution in [3.63, 3.8) is 0 Å². The van der Waals surface area contributed by atoms with Crippen LogP contribution >= 0.6 is 0 Å². The molecule has 0 aromatic carbocycles. The summed E-state index contributed by atoms with van der Waals surface area (Å²) in [4.78, 5) is 33.4. The van der Waals surface area contributed by atoms with Crippen LogP contribution in [0.2, 0.25) is 0 Å². The largest absolute Gasteiger partial charge is 0.480 e. The van der Waals surface area contributed by atoms with E-state index in [1.807, 2.05) is 0 Å². The molecular formula is C11H19NO5. The SMILES string of the molecule is COC(=O)CCC(NC(=O)C(C)(C)C)C(=O)O. The van der Waals surface area contributed by atoms with Crippen LogP contribution in [0, 0.1) is 5.41 Å². The van der Waals surface area contributed by atoms with Gasteiger partial charge in [-0.25, -0.2) is 4.79 Å². The van der Waals surface area contributed by atoms with E-state index in [0.29, 0.717) is 0 Å². The van der Waals surface area contributed by atoms with E-state index in [0.717, 1.165) is 0 Å². The van der Waals surface area contributed by atoms with E-state index in [1.54, 1.807) is 20.8 Å². The number of amides is 1. The third-order valence-electron chi connectivity index (χ3n) is 2.15. The number of carbonyl (C=O) groups is 3. The Morgan fingerprint density at radius 3 is 2.18 bits per heavy atom. The number of ether oxygens (including phenoxy) is 1. The zero-order valence-electron chi connectivity index (χ0n) is 10.6. The summed E-state index contributed by atoms with van der Waals surface area (Å²) in [6.07, 6.45) is -0.0261. The lowest BCUT2D eigenvalue weighted by Gasteiger charge is -2.21. The highest BCUT2D eigenvalue weighted by Gasteiger charge is 2.27. The van der Waals surface area contributed by atoms with Crippen molar-refractivity contribution in [1.82, 2.24) is 5.32 Å². The number of methoxy groups -OCH3 is 1. The fourth-order valence-electron chi connectivity index (χ4n) is 0.996. The second kappa shape index (κ2) is 6.22. The first kappa shape index (κ1) is 15.4. The summed E-state index contributed by atoms with van der Waals surface area (Å²) >= 11 is 0. The van der Waals surface area contributed by atoms with Crippen molar-refractivity contribution in [2.24, 2.45) is 5.41 Å². The summed E-state index contributed by atoms with van der Waals surface area (Å²) in [5.74, 6) is -2.03. The third kappa shape index (κ3) is 5.89. The van der Waals surface area contributed by atoms with Gasteiger partial charge in [0.2, 0.25) is 5.91 Å². The van der Waals surface area contributed by atoms with Crippen LogP contribution in [0.15, 0.2) is 0 Å². The van der Waals surface area contributed by atoms with E-state index in [9.17, 15) is 14.4 Å². The van der Waals surface area contributed by atoms with Crippen molar-refractivity contribution in [2.75, 3.05) is 7.11 Å². The number of carboxylic acid groups (broad SMARTS) is 1. The molecule has 6 nitrogen and oxygen atoms in total. The minimum absolute atomic E-state index is 0.0177. The standard InChI is InChI=1S/C11H19NO5/c1-11(2,3)10(16)12-7(9(14)15)5-6-8(13)17-4/h7H,5-6H2,1-4H3,(H,12,16)(H,14,15). The van der Waals surface area contributed by atoms with Crippen molar-refractivity contribution < 1.29 is 24.2 Å². The van der Waals surface area contributed by atoms with Crippen molar-refractivity contribution in [1.29, 1.82) is 0 Å². The minimum atomic E-state index is -1.16. The van der Waals surface area contributed by atoms with Crippen molar-refractivity contribution in [3.05, 3.63) is 0 Å². The molecule has 98 valence electrons. The van der Waals surface area contributed by atoms with Gasteiger partial charge in [-0.05, 0) is 6.42 Å². The van der Waals surface area contributed by atoms with Crippen LogP contribution in [0.5, 0.6) is 0 Å². The van der Waals surface area contributed by atoms with Gasteiger partial charge in [-0.1, -0.05) is 20.8 Å². The Morgan fingerprint density at radius 2 is 1.82 bits per heavy atom. The van der Waals surface area contributed by atoms with Gasteiger partial charge in [0.25, 0.3) is 0 Å². The molecule has 6 heteroatoms. The second-order valence-corrected chi connectivity index (χ2v) is 4.73. The number of carbonyl (C=O) groups excluding carboxylic acids is 2. The van der Waals surface area contributed by atoms with Crippen LogP contribution < -0.4 is 5.32 Å². The molecule has 1 unspecified atom stereocenters. The maximum atomic E-state index is 11.6. The van der Waals surface area contributed by atoms with Gasteiger partial charge in [-0.3, -0.25) is 9.59 Å². The van der Waals surface area contributed by atoms with Crippen molar-refractivity contribution >= 4 is 17.8 Å². The fraction of sp³-hybridized carbons (Fsp3) is 0.727. The summed E-state index contributed by atoms with van der Waals surface area (Å²) in [5, 5.41) is 11.3. The smallest absolute Gasteiger partial charge is 0.326 e. The molecule has 17 heavy (non-hydrogen) atoms. The third-order valence-corrected chi connectivity index (χ3v) is 2.15. The normalized spacial score (nSPS) is 12.7. The number of nitrogens with one attached hydrogen (secondary N) is 1. The number of hydrogen-bond acceptors (Lipinski definition) is 4. The van der Waals surface area contributed by atoms with Crippen molar-refractivity contribution in [2.45, 2.75) is 39.7 Å². The highest BCUT2D eigenvalue weighted by atomic mass is 16.5. The molecular weight excluding hydrogens is 226 g/mol. The lowest BCUT2D eigenvalue weighted by atomic mass is 9.95. The average molecular weight is 245 g/mol. The van der Waals surface area contributed by atoms with Gasteiger partial charge in [-0.2, -0.15) is 0 Å². The van der Waals surface area contributed by atoms with E-state index in [2.05, 4.69) is 10.1 Å². The number of esters is 1. The van der Waals surface area contributed by atoms with Crippen LogP contribution in [0.1, 0.15) is 33.6 Å². The van der Waals surface area contributed by atoms with Crippen molar-refractivity contribution in [3.8, 4) is 0 Å². The monoisotopic (exact) mass is 245 g/mol. The molecule has 0 aliphatic heterocycles. The Balaban J connectivity index is 4.41. The summed E-state index contributed by atoms with van der Waals surface area (Å²) in [6.45, 7) is 5.05. The topological polar surface area (TPSA) is 92.7 Å². The van der Waals surface area contributed by atoms with Gasteiger partial charge in [0.1, 0.15) is 6.04 Å². The molecule has 0 aliphatic carbocycles. The Morgan fingerprint density at radius 1 is 1.29 bits per heavy atom. The fourth-order valence-corrected chi connectivity index (χ4v) is 0.996. The zero-order chi connectivity index (χ0) is 13.6. The second-order valence-electron chi connectivity index (χ2n) is 4.73. The molecule has 1 atom stereocenters. The van der Waals surface area contributed by atoms with E-state index < -0.39 is 23.4 Å². The molecule has 0 radical (unpaired) electrons. The van der Waals surface area contributed by atoms with Crippen LogP contribution in [-0.2, 0) is 19.1 Å². The van der Waals surface area contributed by atoms with Gasteiger partial charge in [0.15, 0.2) is 0 Å². The quantitative estimate of drug-likeness (QED) is 0.690. The first-order valence-electron chi connectivity index (χ1n) is 5.29. The van der Waals surface area contributed by atoms with Gasteiger partial charge in [0, 0.05) is 11.8 Å². The average Bonchev–Trinajstić information content (AvgIpc) is 2.21. The molecule has 0 aromatic heterocycles. The Bertz CT molecular complexity index is 305. The molecule has 0 saturated carbocycles. The number of carboxylic acids is 1. The van der Waals surface area contributed by atoms with Crippen LogP contribution in [0.25, 0.3) is 0 Å². The molecule has 0 saturated heterocycles. The van der Waals surface area contributed by atoms with E-state index >= 15 is 0 Å². The minimum Gasteiger partial charge on any atom is -0.480 e. The van der Waals surface area contributed by atoms with E-state index in [4.69, 9.17) is 5.11 Å². The molecule has 2 N–H and O–H groups in total. The van der Waals surface area contributed by atoms with Gasteiger partial charge < -0.3 is 15.2 Å². The van der Waals surface area contributed by atoms with Gasteiger partial charge in [-0.15, -0.1) is 0 Å². The maximum Gasteiger partial charge on any atom is 0.326 e. The lowest BCUT2D eigenvalue weighted by molar-refractivity contribution is -0.145. The summed E-state index contributed by atoms with van der Waals surface area (Å²) in [5.41, 5.74) is -0.668. The molecule has 1 amide bonds. The molecule has 0 aliphatic rings. The zero-order valence-corrected chi connectivity index (χ0v) is 10.6. The van der Waals surface area contributed by atoms with Gasteiger partial charge >= 0.3 is 11.9 Å². The summed E-state index contributed by atoms with van der Waals surface area (Å²) < 4.78 is 4.41. The Hall–Kier alpha value is -1.59.